The predicted octanol–water partition coefficient (Wildman–Crippen LogP) is 3.44. The maximum Gasteiger partial charge on any atom is 0.261 e. The minimum atomic E-state index is -0.406. The number of imide groups is 1. The molecule has 7 nitrogen and oxygen atoms in total. The molecule has 0 radical (unpaired) electrons. The van der Waals surface area contributed by atoms with Gasteiger partial charge >= 0.3 is 0 Å². The van der Waals surface area contributed by atoms with Gasteiger partial charge in [-0.1, -0.05) is 15.9 Å². The monoisotopic (exact) mass is 489 g/mol. The van der Waals surface area contributed by atoms with Crippen LogP contribution in [0, 0.1) is 5.82 Å². The number of amides is 3. The van der Waals surface area contributed by atoms with E-state index in [1.54, 1.807) is 30.3 Å². The molecule has 0 saturated carbocycles. The summed E-state index contributed by atoms with van der Waals surface area (Å²) in [5, 5.41) is 2.67. The molecule has 1 N–H and O–H groups in total. The zero-order valence-corrected chi connectivity index (χ0v) is 18.3. The normalized spacial score (nSPS) is 15.9. The van der Waals surface area contributed by atoms with E-state index in [9.17, 15) is 18.8 Å². The van der Waals surface area contributed by atoms with Crippen molar-refractivity contribution < 1.29 is 23.5 Å². The second kappa shape index (κ2) is 9.15. The number of hydrogen-bond donors (Lipinski definition) is 1. The van der Waals surface area contributed by atoms with Gasteiger partial charge in [0, 0.05) is 36.2 Å². The summed E-state index contributed by atoms with van der Waals surface area (Å²) in [7, 11) is 0. The van der Waals surface area contributed by atoms with E-state index in [0.29, 0.717) is 55.2 Å². The van der Waals surface area contributed by atoms with Crippen LogP contribution in [0.3, 0.4) is 0 Å². The number of hydrogen-bond acceptors (Lipinski definition) is 5. The van der Waals surface area contributed by atoms with Crippen LogP contribution >= 0.6 is 15.9 Å². The molecule has 3 amide bonds. The molecule has 4 rings (SSSR count). The average Bonchev–Trinajstić information content (AvgIpc) is 2.98. The van der Waals surface area contributed by atoms with E-state index in [1.165, 1.54) is 6.07 Å². The number of halogens is 2. The Morgan fingerprint density at radius 2 is 1.81 bits per heavy atom. The number of benzene rings is 2. The first-order valence-corrected chi connectivity index (χ1v) is 10.8. The van der Waals surface area contributed by atoms with E-state index >= 15 is 0 Å². The minimum Gasteiger partial charge on any atom is -0.378 e. The van der Waals surface area contributed by atoms with Crippen LogP contribution in [0.25, 0.3) is 0 Å². The van der Waals surface area contributed by atoms with E-state index in [0.717, 1.165) is 9.37 Å². The van der Waals surface area contributed by atoms with Gasteiger partial charge in [-0.05, 0) is 42.8 Å². The lowest BCUT2D eigenvalue weighted by Gasteiger charge is -2.29. The van der Waals surface area contributed by atoms with E-state index < -0.39 is 5.82 Å². The van der Waals surface area contributed by atoms with Gasteiger partial charge in [-0.25, -0.2) is 4.39 Å². The highest BCUT2D eigenvalue weighted by Gasteiger charge is 2.35. The number of anilines is 2. The molecule has 9 heteroatoms. The highest BCUT2D eigenvalue weighted by atomic mass is 79.9. The molecule has 0 atom stereocenters. The Labute approximate surface area is 187 Å². The number of rotatable bonds is 6. The molecule has 2 heterocycles. The van der Waals surface area contributed by atoms with Crippen molar-refractivity contribution in [1.29, 1.82) is 0 Å². The molecule has 0 aliphatic carbocycles. The molecule has 0 bridgehead atoms. The van der Waals surface area contributed by atoms with Crippen molar-refractivity contribution in [2.75, 3.05) is 43.1 Å². The van der Waals surface area contributed by atoms with Crippen molar-refractivity contribution >= 4 is 45.0 Å². The molecule has 2 aliphatic heterocycles. The number of fused-ring (bicyclic) bond motifs is 1. The molecule has 0 aromatic heterocycles. The number of morpholine rings is 1. The summed E-state index contributed by atoms with van der Waals surface area (Å²) in [6.07, 6.45) is 0.413. The summed E-state index contributed by atoms with van der Waals surface area (Å²) in [4.78, 5) is 40.2. The highest BCUT2D eigenvalue weighted by molar-refractivity contribution is 9.10. The Kier molecular flexibility index (Phi) is 6.33. The number of carbonyl (C=O) groups excluding carboxylic acids is 3. The van der Waals surface area contributed by atoms with Crippen LogP contribution in [-0.4, -0.2) is 55.5 Å². The van der Waals surface area contributed by atoms with Crippen molar-refractivity contribution in [2.24, 2.45) is 0 Å². The minimum absolute atomic E-state index is 0.101. The summed E-state index contributed by atoms with van der Waals surface area (Å²) < 4.78 is 20.5. The third-order valence-electron chi connectivity index (χ3n) is 5.30. The van der Waals surface area contributed by atoms with Crippen molar-refractivity contribution in [3.63, 3.8) is 0 Å². The van der Waals surface area contributed by atoms with E-state index in [1.807, 2.05) is 4.90 Å². The first-order chi connectivity index (χ1) is 14.9. The van der Waals surface area contributed by atoms with Crippen LogP contribution in [0.5, 0.6) is 0 Å². The van der Waals surface area contributed by atoms with Crippen LogP contribution in [0.15, 0.2) is 40.9 Å². The summed E-state index contributed by atoms with van der Waals surface area (Å²) in [5.74, 6) is -1.43. The molecular formula is C22H21BrFN3O4. The van der Waals surface area contributed by atoms with Gasteiger partial charge in [-0.15, -0.1) is 0 Å². The molecule has 162 valence electrons. The predicted molar refractivity (Wildman–Crippen MR) is 117 cm³/mol. The molecule has 0 unspecified atom stereocenters. The molecule has 2 aromatic carbocycles. The Hall–Kier alpha value is -2.78. The number of carbonyl (C=O) groups is 3. The lowest BCUT2D eigenvalue weighted by molar-refractivity contribution is -0.116. The Morgan fingerprint density at radius 1 is 1.06 bits per heavy atom. The van der Waals surface area contributed by atoms with E-state index in [4.69, 9.17) is 4.74 Å². The fourth-order valence-corrected chi connectivity index (χ4v) is 4.09. The maximum atomic E-state index is 14.5. The van der Waals surface area contributed by atoms with E-state index in [2.05, 4.69) is 21.2 Å². The van der Waals surface area contributed by atoms with Crippen LogP contribution in [0.2, 0.25) is 0 Å². The van der Waals surface area contributed by atoms with Gasteiger partial charge < -0.3 is 15.0 Å². The van der Waals surface area contributed by atoms with Gasteiger partial charge in [0.15, 0.2) is 0 Å². The quantitative estimate of drug-likeness (QED) is 0.628. The molecule has 1 saturated heterocycles. The SMILES string of the molecule is O=C(CCCN1C(=O)c2ccc(Br)cc2C1=O)Nc1ccc(N2CCOCC2)c(F)c1. The third kappa shape index (κ3) is 4.62. The summed E-state index contributed by atoms with van der Waals surface area (Å²) in [6, 6.07) is 9.55. The fourth-order valence-electron chi connectivity index (χ4n) is 3.73. The molecular weight excluding hydrogens is 469 g/mol. The van der Waals surface area contributed by atoms with Gasteiger partial charge in [0.05, 0.1) is 30.0 Å². The van der Waals surface area contributed by atoms with Crippen molar-refractivity contribution in [3.8, 4) is 0 Å². The number of ether oxygens (including phenoxy) is 1. The van der Waals surface area contributed by atoms with Crippen molar-refractivity contribution in [3.05, 3.63) is 57.8 Å². The number of nitrogens with one attached hydrogen (secondary N) is 1. The number of nitrogens with zero attached hydrogens (tertiary/aromatic N) is 2. The van der Waals surface area contributed by atoms with Crippen LogP contribution < -0.4 is 10.2 Å². The second-order valence-electron chi connectivity index (χ2n) is 7.37. The fraction of sp³-hybridized carbons (Fsp3) is 0.318. The van der Waals surface area contributed by atoms with Gasteiger partial charge in [-0.2, -0.15) is 0 Å². The summed E-state index contributed by atoms with van der Waals surface area (Å²) in [5.41, 5.74) is 1.58. The average molecular weight is 490 g/mol. The molecule has 1 fully saturated rings. The smallest absolute Gasteiger partial charge is 0.261 e. The maximum absolute atomic E-state index is 14.5. The van der Waals surface area contributed by atoms with Crippen LogP contribution in [0.1, 0.15) is 33.6 Å². The van der Waals surface area contributed by atoms with Gasteiger partial charge in [0.2, 0.25) is 5.91 Å². The lowest BCUT2D eigenvalue weighted by atomic mass is 10.1. The standard InChI is InChI=1S/C22H21BrFN3O4/c23-14-3-5-16-17(12-14)22(30)27(21(16)29)7-1-2-20(28)25-15-4-6-19(18(24)13-15)26-8-10-31-11-9-26/h3-6,12-13H,1-2,7-11H2,(H,25,28). The Morgan fingerprint density at radius 3 is 2.55 bits per heavy atom. The molecule has 2 aliphatic rings. The molecule has 2 aromatic rings. The zero-order valence-electron chi connectivity index (χ0n) is 16.7. The second-order valence-corrected chi connectivity index (χ2v) is 8.28. The first kappa shape index (κ1) is 21.5. The van der Waals surface area contributed by atoms with Gasteiger partial charge in [-0.3, -0.25) is 19.3 Å². The first-order valence-electron chi connectivity index (χ1n) is 10.0. The van der Waals surface area contributed by atoms with Crippen LogP contribution in [0.4, 0.5) is 15.8 Å². The van der Waals surface area contributed by atoms with E-state index in [-0.39, 0.29) is 30.7 Å². The Bertz CT molecular complexity index is 1040. The molecule has 31 heavy (non-hydrogen) atoms. The lowest BCUT2D eigenvalue weighted by Crippen LogP contribution is -2.36. The summed E-state index contributed by atoms with van der Waals surface area (Å²) in [6.45, 7) is 2.50. The van der Waals surface area contributed by atoms with Gasteiger partial charge in [0.25, 0.3) is 11.8 Å². The van der Waals surface area contributed by atoms with Crippen molar-refractivity contribution in [2.45, 2.75) is 12.8 Å². The Balaban J connectivity index is 1.29. The van der Waals surface area contributed by atoms with Crippen LogP contribution in [-0.2, 0) is 9.53 Å². The summed E-state index contributed by atoms with van der Waals surface area (Å²) >= 11 is 3.30. The van der Waals surface area contributed by atoms with Crippen molar-refractivity contribution in [1.82, 2.24) is 4.90 Å². The molecule has 0 spiro atoms. The van der Waals surface area contributed by atoms with Gasteiger partial charge in [0.1, 0.15) is 5.82 Å². The third-order valence-corrected chi connectivity index (χ3v) is 5.79. The zero-order chi connectivity index (χ0) is 22.0. The highest BCUT2D eigenvalue weighted by Crippen LogP contribution is 2.27. The topological polar surface area (TPSA) is 79.0 Å². The largest absolute Gasteiger partial charge is 0.378 e.